The number of halogens is 3. The van der Waals surface area contributed by atoms with Gasteiger partial charge in [0.25, 0.3) is 0 Å². The molecule has 8 nitrogen and oxygen atoms in total. The number of pyridine rings is 1. The van der Waals surface area contributed by atoms with E-state index in [9.17, 15) is 28.2 Å². The Morgan fingerprint density at radius 3 is 2.65 bits per heavy atom. The van der Waals surface area contributed by atoms with Gasteiger partial charge in [0.15, 0.2) is 6.10 Å². The molecule has 0 radical (unpaired) electrons. The molecule has 0 fully saturated rings. The smallest absolute Gasteiger partial charge is 0.493 e. The third-order valence-electron chi connectivity index (χ3n) is 7.94. The van der Waals surface area contributed by atoms with E-state index < -0.39 is 30.3 Å². The summed E-state index contributed by atoms with van der Waals surface area (Å²) < 4.78 is 55.1. The van der Waals surface area contributed by atoms with Gasteiger partial charge in [0.2, 0.25) is 0 Å². The molecule has 3 aromatic carbocycles. The van der Waals surface area contributed by atoms with Crippen molar-refractivity contribution in [2.45, 2.75) is 65.0 Å². The number of hydrogen-bond donors (Lipinski definition) is 2. The zero-order valence-electron chi connectivity index (χ0n) is 25.7. The molecule has 0 spiro atoms. The van der Waals surface area contributed by atoms with Gasteiger partial charge in [-0.3, -0.25) is 4.98 Å². The van der Waals surface area contributed by atoms with Crippen molar-refractivity contribution in [3.8, 4) is 22.6 Å². The van der Waals surface area contributed by atoms with Gasteiger partial charge >= 0.3 is 12.3 Å². The number of carboxylic acid groups (broad SMARTS) is 1. The first-order valence-corrected chi connectivity index (χ1v) is 14.8. The van der Waals surface area contributed by atoms with Crippen LogP contribution < -0.4 is 14.4 Å². The van der Waals surface area contributed by atoms with Crippen molar-refractivity contribution in [3.05, 3.63) is 88.6 Å². The minimum absolute atomic E-state index is 0.0303. The topological polar surface area (TPSA) is 101 Å². The Morgan fingerprint density at radius 1 is 1.15 bits per heavy atom. The summed E-state index contributed by atoms with van der Waals surface area (Å²) in [5.41, 5.74) is 4.76. The van der Waals surface area contributed by atoms with Gasteiger partial charge in [0.1, 0.15) is 17.7 Å². The van der Waals surface area contributed by atoms with Crippen molar-refractivity contribution < 1.29 is 42.4 Å². The maximum Gasteiger partial charge on any atom is 0.573 e. The molecule has 0 amide bonds. The standard InChI is InChI=1S/C35H33F3N2O6/c1-19-16-25-23(9-11-27(41)40(25)18-20-6-5-7-22(17-20)45-35(36,37)38)30(28(19)32(33(42)43)46-34(2,3)4)24-8-10-26-29-21(13-15-44-26)12-14-39-31(24)29/h5-12,14,16-17,27,32,41H,13,15,18H2,1-4H3,(H,42,43)/t27?,32-/m0/s1. The molecule has 0 saturated carbocycles. The molecule has 0 aliphatic carbocycles. The molecule has 0 bridgehead atoms. The van der Waals surface area contributed by atoms with Crippen LogP contribution in [0.4, 0.5) is 18.9 Å². The average molecular weight is 635 g/mol. The Bertz CT molecular complexity index is 1850. The summed E-state index contributed by atoms with van der Waals surface area (Å²) in [6.07, 6.45) is -1.62. The second kappa shape index (κ2) is 11.6. The van der Waals surface area contributed by atoms with Gasteiger partial charge in [0.05, 0.1) is 17.7 Å². The number of fused-ring (bicyclic) bond motifs is 1. The number of alkyl halides is 3. The molecule has 11 heteroatoms. The predicted molar refractivity (Wildman–Crippen MR) is 167 cm³/mol. The normalized spacial score (nSPS) is 16.6. The van der Waals surface area contributed by atoms with Crippen molar-refractivity contribution >= 4 is 28.6 Å². The molecule has 3 heterocycles. The fourth-order valence-corrected chi connectivity index (χ4v) is 6.20. The van der Waals surface area contributed by atoms with Gasteiger partial charge in [0, 0.05) is 46.9 Å². The van der Waals surface area contributed by atoms with Crippen molar-refractivity contribution in [3.63, 3.8) is 0 Å². The molecule has 2 N–H and O–H groups in total. The molecule has 1 aromatic heterocycles. The van der Waals surface area contributed by atoms with E-state index in [4.69, 9.17) is 14.5 Å². The lowest BCUT2D eigenvalue weighted by atomic mass is 9.84. The summed E-state index contributed by atoms with van der Waals surface area (Å²) in [7, 11) is 0. The van der Waals surface area contributed by atoms with E-state index in [0.717, 1.165) is 10.9 Å². The van der Waals surface area contributed by atoms with Crippen molar-refractivity contribution in [1.82, 2.24) is 4.98 Å². The highest BCUT2D eigenvalue weighted by molar-refractivity contribution is 6.04. The quantitative estimate of drug-likeness (QED) is 0.218. The zero-order chi connectivity index (χ0) is 33.0. The second-order valence-corrected chi connectivity index (χ2v) is 12.4. The van der Waals surface area contributed by atoms with Crippen molar-refractivity contribution in [2.75, 3.05) is 11.5 Å². The lowest BCUT2D eigenvalue weighted by molar-refractivity contribution is -0.274. The first kappa shape index (κ1) is 31.4. The molecular formula is C35H33F3N2O6. The molecule has 4 aromatic rings. The van der Waals surface area contributed by atoms with Crippen LogP contribution in [0.25, 0.3) is 28.1 Å². The SMILES string of the molecule is Cc1cc2c(c(-c3ccc4c5c(ccnc35)CCO4)c1[C@H](OC(C)(C)C)C(=O)O)C=CC(O)N2Cc1cccc(OC(F)(F)F)c1. The lowest BCUT2D eigenvalue weighted by Gasteiger charge is -2.36. The predicted octanol–water partition coefficient (Wildman–Crippen LogP) is 7.34. The minimum atomic E-state index is -4.85. The first-order chi connectivity index (χ1) is 21.7. The molecule has 240 valence electrons. The van der Waals surface area contributed by atoms with Crippen LogP contribution >= 0.6 is 0 Å². The number of aryl methyl sites for hydroxylation is 1. The van der Waals surface area contributed by atoms with E-state index in [2.05, 4.69) is 4.74 Å². The number of ether oxygens (including phenoxy) is 3. The van der Waals surface area contributed by atoms with Crippen LogP contribution in [-0.4, -0.2) is 46.0 Å². The summed E-state index contributed by atoms with van der Waals surface area (Å²) in [5, 5.41) is 22.5. The molecule has 0 saturated heterocycles. The first-order valence-electron chi connectivity index (χ1n) is 14.8. The van der Waals surface area contributed by atoms with Crippen LogP contribution in [0, 0.1) is 6.92 Å². The van der Waals surface area contributed by atoms with Gasteiger partial charge in [-0.2, -0.15) is 0 Å². The molecule has 1 unspecified atom stereocenters. The number of carbonyl (C=O) groups is 1. The lowest BCUT2D eigenvalue weighted by Crippen LogP contribution is -2.36. The van der Waals surface area contributed by atoms with Crippen molar-refractivity contribution in [2.24, 2.45) is 0 Å². The van der Waals surface area contributed by atoms with Gasteiger partial charge < -0.3 is 29.3 Å². The van der Waals surface area contributed by atoms with Crippen LogP contribution in [0.3, 0.4) is 0 Å². The highest BCUT2D eigenvalue weighted by Crippen LogP contribution is 2.48. The molecular weight excluding hydrogens is 601 g/mol. The fraction of sp³-hybridized carbons (Fsp3) is 0.314. The molecule has 6 rings (SSSR count). The van der Waals surface area contributed by atoms with E-state index in [1.165, 1.54) is 18.2 Å². The van der Waals surface area contributed by atoms with E-state index in [-0.39, 0.29) is 12.3 Å². The van der Waals surface area contributed by atoms with Crippen molar-refractivity contribution in [1.29, 1.82) is 0 Å². The molecule has 2 aliphatic heterocycles. The van der Waals surface area contributed by atoms with Crippen LogP contribution in [0.5, 0.6) is 11.5 Å². The number of aliphatic hydroxyl groups excluding tert-OH is 1. The van der Waals surface area contributed by atoms with Gasteiger partial charge in [-0.25, -0.2) is 4.79 Å². The summed E-state index contributed by atoms with van der Waals surface area (Å²) in [5.74, 6) is -0.859. The summed E-state index contributed by atoms with van der Waals surface area (Å²) in [4.78, 5) is 19.3. The Morgan fingerprint density at radius 2 is 1.93 bits per heavy atom. The number of anilines is 1. The maximum atomic E-state index is 12.9. The zero-order valence-corrected chi connectivity index (χ0v) is 25.7. The number of aliphatic hydroxyl groups is 1. The highest BCUT2D eigenvalue weighted by atomic mass is 19.4. The maximum absolute atomic E-state index is 12.9. The average Bonchev–Trinajstić information content (AvgIpc) is 2.97. The van der Waals surface area contributed by atoms with E-state index >= 15 is 0 Å². The number of aromatic nitrogens is 1. The molecule has 2 aliphatic rings. The monoisotopic (exact) mass is 634 g/mol. The Kier molecular flexibility index (Phi) is 7.94. The van der Waals surface area contributed by atoms with Gasteiger partial charge in [-0.15, -0.1) is 13.2 Å². The van der Waals surface area contributed by atoms with Crippen LogP contribution in [-0.2, 0) is 22.5 Å². The van der Waals surface area contributed by atoms with Crippen LogP contribution in [0.2, 0.25) is 0 Å². The summed E-state index contributed by atoms with van der Waals surface area (Å²) >= 11 is 0. The Labute approximate surface area is 263 Å². The third-order valence-corrected chi connectivity index (χ3v) is 7.94. The Hall–Kier alpha value is -4.61. The van der Waals surface area contributed by atoms with Crippen LogP contribution in [0.1, 0.15) is 54.7 Å². The highest BCUT2D eigenvalue weighted by Gasteiger charge is 2.36. The molecule has 46 heavy (non-hydrogen) atoms. The number of nitrogens with zero attached hydrogens (tertiary/aromatic N) is 2. The number of rotatable bonds is 7. The second-order valence-electron chi connectivity index (χ2n) is 12.4. The number of carboxylic acids is 1. The Balaban J connectivity index is 1.59. The number of hydrogen-bond acceptors (Lipinski definition) is 7. The van der Waals surface area contributed by atoms with Crippen LogP contribution in [0.15, 0.2) is 60.8 Å². The van der Waals surface area contributed by atoms with Gasteiger partial charge in [-0.05, 0) is 92.4 Å². The number of benzene rings is 3. The summed E-state index contributed by atoms with van der Waals surface area (Å²) in [6.45, 7) is 7.69. The van der Waals surface area contributed by atoms with E-state index in [0.29, 0.717) is 63.4 Å². The summed E-state index contributed by atoms with van der Waals surface area (Å²) in [6, 6.07) is 13.0. The van der Waals surface area contributed by atoms with Gasteiger partial charge in [-0.1, -0.05) is 18.2 Å². The minimum Gasteiger partial charge on any atom is -0.493 e. The molecule has 2 atom stereocenters. The van der Waals surface area contributed by atoms with E-state index in [1.54, 1.807) is 63.1 Å². The largest absolute Gasteiger partial charge is 0.573 e. The third kappa shape index (κ3) is 6.12. The number of aliphatic carboxylic acids is 1. The van der Waals surface area contributed by atoms with E-state index in [1.807, 2.05) is 18.2 Å². The fourth-order valence-electron chi connectivity index (χ4n) is 6.20.